The number of benzene rings is 2. The lowest BCUT2D eigenvalue weighted by Gasteiger charge is -2.15. The van der Waals surface area contributed by atoms with Gasteiger partial charge in [-0.05, 0) is 64.4 Å². The summed E-state index contributed by atoms with van der Waals surface area (Å²) in [6.45, 7) is 4.55. The standard InChI is InChI=1S/C23H22INO4S2/c1-4-7-16-8-5-6-9-18(16)28-10-11-29-21-17(24)12-15(13-19(21)27-3)14-20-22(26)25(2)23(30)31-20/h4-6,8-9,12-14H,1,7,10-11H2,2-3H3/b20-14+. The molecule has 1 aliphatic rings. The van der Waals surface area contributed by atoms with Crippen LogP contribution in [0.2, 0.25) is 0 Å². The molecule has 5 nitrogen and oxygen atoms in total. The third-order valence-corrected chi connectivity index (χ3v) is 6.75. The Morgan fingerprint density at radius 2 is 1.94 bits per heavy atom. The Balaban J connectivity index is 1.68. The van der Waals surface area contributed by atoms with E-state index in [9.17, 15) is 4.79 Å². The average Bonchev–Trinajstić information content (AvgIpc) is 2.99. The van der Waals surface area contributed by atoms with Crippen molar-refractivity contribution in [2.24, 2.45) is 0 Å². The fourth-order valence-electron chi connectivity index (χ4n) is 2.92. The molecule has 1 amide bonds. The summed E-state index contributed by atoms with van der Waals surface area (Å²) in [6, 6.07) is 11.7. The molecular formula is C23H22INO4S2. The number of rotatable bonds is 9. The van der Waals surface area contributed by atoms with Crippen LogP contribution < -0.4 is 14.2 Å². The summed E-state index contributed by atoms with van der Waals surface area (Å²) in [5.41, 5.74) is 1.93. The number of amides is 1. The number of thioether (sulfide) groups is 1. The molecule has 0 bridgehead atoms. The van der Waals surface area contributed by atoms with Crippen LogP contribution in [-0.4, -0.2) is 42.5 Å². The predicted octanol–water partition coefficient (Wildman–Crippen LogP) is 5.32. The first-order chi connectivity index (χ1) is 14.9. The van der Waals surface area contributed by atoms with Gasteiger partial charge in [-0.15, -0.1) is 6.58 Å². The van der Waals surface area contributed by atoms with Gasteiger partial charge in [-0.25, -0.2) is 0 Å². The number of hydrogen-bond acceptors (Lipinski definition) is 6. The highest BCUT2D eigenvalue weighted by molar-refractivity contribution is 14.1. The summed E-state index contributed by atoms with van der Waals surface area (Å²) in [6.07, 6.45) is 4.42. The van der Waals surface area contributed by atoms with Crippen LogP contribution in [0.1, 0.15) is 11.1 Å². The van der Waals surface area contributed by atoms with Crippen LogP contribution in [-0.2, 0) is 11.2 Å². The Morgan fingerprint density at radius 1 is 1.19 bits per heavy atom. The summed E-state index contributed by atoms with van der Waals surface area (Å²) in [5.74, 6) is 1.97. The molecule has 3 rings (SSSR count). The fourth-order valence-corrected chi connectivity index (χ4v) is 4.88. The van der Waals surface area contributed by atoms with E-state index in [1.165, 1.54) is 16.7 Å². The molecule has 1 aliphatic heterocycles. The number of nitrogens with zero attached hydrogens (tertiary/aromatic N) is 1. The summed E-state index contributed by atoms with van der Waals surface area (Å²) < 4.78 is 18.8. The SMILES string of the molecule is C=CCc1ccccc1OCCOc1c(I)cc(/C=C2/SC(=S)N(C)C2=O)cc1OC. The molecule has 0 N–H and O–H groups in total. The Kier molecular flexibility index (Phi) is 8.39. The minimum atomic E-state index is -0.0989. The van der Waals surface area contributed by atoms with Crippen LogP contribution in [0.15, 0.2) is 54.0 Å². The largest absolute Gasteiger partial charge is 0.493 e. The summed E-state index contributed by atoms with van der Waals surface area (Å²) in [4.78, 5) is 14.3. The molecule has 8 heteroatoms. The highest BCUT2D eigenvalue weighted by Crippen LogP contribution is 2.37. The second-order valence-electron chi connectivity index (χ2n) is 6.57. The molecule has 0 spiro atoms. The van der Waals surface area contributed by atoms with Gasteiger partial charge < -0.3 is 14.2 Å². The van der Waals surface area contributed by atoms with Crippen molar-refractivity contribution in [2.75, 3.05) is 27.4 Å². The first-order valence-corrected chi connectivity index (χ1v) is 11.8. The quantitative estimate of drug-likeness (QED) is 0.135. The van der Waals surface area contributed by atoms with Crippen LogP contribution in [0, 0.1) is 3.57 Å². The van der Waals surface area contributed by atoms with Crippen molar-refractivity contribution in [2.45, 2.75) is 6.42 Å². The molecule has 31 heavy (non-hydrogen) atoms. The Hall–Kier alpha value is -2.04. The monoisotopic (exact) mass is 567 g/mol. The molecular weight excluding hydrogens is 545 g/mol. The number of likely N-dealkylation sites (N-methyl/N-ethyl adjacent to an activating group) is 1. The maximum atomic E-state index is 12.3. The number of para-hydroxylation sites is 1. The number of thiocarbonyl (C=S) groups is 1. The molecule has 0 unspecified atom stereocenters. The van der Waals surface area contributed by atoms with Crippen molar-refractivity contribution in [1.82, 2.24) is 4.90 Å². The van der Waals surface area contributed by atoms with Crippen LogP contribution >= 0.6 is 46.6 Å². The molecule has 0 aromatic heterocycles. The van der Waals surface area contributed by atoms with Crippen molar-refractivity contribution in [3.05, 3.63) is 68.7 Å². The molecule has 0 radical (unpaired) electrons. The van der Waals surface area contributed by atoms with Crippen molar-refractivity contribution in [3.8, 4) is 17.2 Å². The van der Waals surface area contributed by atoms with E-state index in [0.29, 0.717) is 33.9 Å². The number of halogens is 1. The molecule has 0 saturated carbocycles. The van der Waals surface area contributed by atoms with Gasteiger partial charge in [-0.2, -0.15) is 0 Å². The summed E-state index contributed by atoms with van der Waals surface area (Å²) in [7, 11) is 3.27. The van der Waals surface area contributed by atoms with Crippen molar-refractivity contribution in [3.63, 3.8) is 0 Å². The first kappa shape index (κ1) is 23.6. The molecule has 1 saturated heterocycles. The predicted molar refractivity (Wildman–Crippen MR) is 138 cm³/mol. The minimum Gasteiger partial charge on any atom is -0.493 e. The van der Waals surface area contributed by atoms with Crippen LogP contribution in [0.5, 0.6) is 17.2 Å². The van der Waals surface area contributed by atoms with E-state index in [1.54, 1.807) is 14.2 Å². The number of allylic oxidation sites excluding steroid dienone is 1. The minimum absolute atomic E-state index is 0.0989. The maximum Gasteiger partial charge on any atom is 0.265 e. The Labute approximate surface area is 205 Å². The first-order valence-electron chi connectivity index (χ1n) is 9.48. The van der Waals surface area contributed by atoms with E-state index in [2.05, 4.69) is 29.2 Å². The second kappa shape index (κ2) is 11.0. The number of methoxy groups -OCH3 is 1. The highest BCUT2D eigenvalue weighted by Gasteiger charge is 2.28. The van der Waals surface area contributed by atoms with Gasteiger partial charge in [0, 0.05) is 7.05 Å². The van der Waals surface area contributed by atoms with Gasteiger partial charge in [0.25, 0.3) is 5.91 Å². The van der Waals surface area contributed by atoms with Crippen LogP contribution in [0.3, 0.4) is 0 Å². The van der Waals surface area contributed by atoms with Gasteiger partial charge >= 0.3 is 0 Å². The third kappa shape index (κ3) is 5.81. The van der Waals surface area contributed by atoms with E-state index in [0.717, 1.165) is 26.9 Å². The fraction of sp³-hybridized carbons (Fsp3) is 0.217. The van der Waals surface area contributed by atoms with Gasteiger partial charge in [0.05, 0.1) is 15.6 Å². The maximum absolute atomic E-state index is 12.3. The topological polar surface area (TPSA) is 48.0 Å². The van der Waals surface area contributed by atoms with E-state index in [1.807, 2.05) is 48.6 Å². The highest BCUT2D eigenvalue weighted by atomic mass is 127. The van der Waals surface area contributed by atoms with E-state index in [-0.39, 0.29) is 5.91 Å². The molecule has 2 aromatic rings. The van der Waals surface area contributed by atoms with Gasteiger partial charge in [0.1, 0.15) is 23.3 Å². The zero-order valence-electron chi connectivity index (χ0n) is 17.2. The van der Waals surface area contributed by atoms with Gasteiger partial charge in [0.2, 0.25) is 0 Å². The van der Waals surface area contributed by atoms with Gasteiger partial charge in [-0.1, -0.05) is 48.3 Å². The zero-order valence-corrected chi connectivity index (χ0v) is 21.0. The molecule has 2 aromatic carbocycles. The molecule has 1 heterocycles. The number of carbonyl (C=O) groups excluding carboxylic acids is 1. The number of ether oxygens (including phenoxy) is 3. The molecule has 0 aliphatic carbocycles. The van der Waals surface area contributed by atoms with Crippen LogP contribution in [0.4, 0.5) is 0 Å². The van der Waals surface area contributed by atoms with Crippen molar-refractivity contribution in [1.29, 1.82) is 0 Å². The Morgan fingerprint density at radius 3 is 2.61 bits per heavy atom. The molecule has 0 atom stereocenters. The lowest BCUT2D eigenvalue weighted by atomic mass is 10.1. The molecule has 1 fully saturated rings. The summed E-state index contributed by atoms with van der Waals surface area (Å²) in [5, 5.41) is 0. The lowest BCUT2D eigenvalue weighted by Crippen LogP contribution is -2.22. The lowest BCUT2D eigenvalue weighted by molar-refractivity contribution is -0.121. The van der Waals surface area contributed by atoms with Gasteiger partial charge in [0.15, 0.2) is 11.5 Å². The number of hydrogen-bond donors (Lipinski definition) is 0. The van der Waals surface area contributed by atoms with E-state index in [4.69, 9.17) is 26.4 Å². The molecule has 162 valence electrons. The smallest absolute Gasteiger partial charge is 0.265 e. The number of carbonyl (C=O) groups is 1. The average molecular weight is 567 g/mol. The van der Waals surface area contributed by atoms with Crippen LogP contribution in [0.25, 0.3) is 6.08 Å². The zero-order chi connectivity index (χ0) is 22.4. The third-order valence-electron chi connectivity index (χ3n) is 4.46. The van der Waals surface area contributed by atoms with Crippen molar-refractivity contribution >= 4 is 62.9 Å². The summed E-state index contributed by atoms with van der Waals surface area (Å²) >= 11 is 8.68. The van der Waals surface area contributed by atoms with Crippen molar-refractivity contribution < 1.29 is 19.0 Å². The van der Waals surface area contributed by atoms with Gasteiger partial charge in [-0.3, -0.25) is 9.69 Å². The normalized spacial score (nSPS) is 14.8. The van der Waals surface area contributed by atoms with E-state index < -0.39 is 0 Å². The second-order valence-corrected chi connectivity index (χ2v) is 9.41. The van der Waals surface area contributed by atoms with E-state index >= 15 is 0 Å². The Bertz CT molecular complexity index is 1040.